The van der Waals surface area contributed by atoms with E-state index in [0.29, 0.717) is 146 Å². The third-order valence-electron chi connectivity index (χ3n) is 14.8. The van der Waals surface area contributed by atoms with Crippen LogP contribution in [0.25, 0.3) is 0 Å². The molecule has 0 aromatic heterocycles. The van der Waals surface area contributed by atoms with Crippen LogP contribution in [-0.2, 0) is 6.18 Å². The van der Waals surface area contributed by atoms with E-state index in [-0.39, 0.29) is 78.2 Å². The first kappa shape index (κ1) is 90.8. The summed E-state index contributed by atoms with van der Waals surface area (Å²) < 4.78 is 117. The van der Waals surface area contributed by atoms with Crippen LogP contribution >= 0.6 is 11.6 Å². The lowest BCUT2D eigenvalue weighted by Gasteiger charge is -2.19. The number of hydrogen-bond donors (Lipinski definition) is 0. The first-order valence-corrected chi connectivity index (χ1v) is 34.6. The van der Waals surface area contributed by atoms with Crippen LogP contribution in [0.5, 0.6) is 28.7 Å². The lowest BCUT2D eigenvalue weighted by molar-refractivity contribution is -0.138. The molecule has 11 nitrogen and oxygen atoms in total. The van der Waals surface area contributed by atoms with Crippen molar-refractivity contribution in [2.75, 3.05) is 46.1 Å². The molecular formula is C82H107ClF7NO10. The molecule has 0 spiro atoms. The van der Waals surface area contributed by atoms with E-state index >= 15 is 0 Å². The van der Waals surface area contributed by atoms with E-state index in [1.54, 1.807) is 111 Å². The number of ether oxygens (including phenoxy) is 5. The monoisotopic (exact) mass is 1430 g/mol. The molecule has 0 N–H and O–H groups in total. The SMILES string of the molecule is CC/C(=C\Cl)COc1ccc(C(=O)CC(C)(C)C)cc1.CC/C(=C\F)COc1ccc(C(=O)CC(C)(C)C)c(C(F)(F)F)c1.CC/C(=C\F)COc1ccc(C(=O)CC(C)(C)C)cc1.CC/C(=C\F)COc1ccc(C(=O)N(CC)CC)cc1.CCC(=O)c1ccc(OC/C(=C/F)CC)cc1. The van der Waals surface area contributed by atoms with E-state index < -0.39 is 22.9 Å². The van der Waals surface area contributed by atoms with Crippen molar-refractivity contribution in [3.8, 4) is 28.7 Å². The number of hydrogen-bond acceptors (Lipinski definition) is 10. The lowest BCUT2D eigenvalue weighted by atomic mass is 9.86. The van der Waals surface area contributed by atoms with Crippen molar-refractivity contribution < 1.29 is 78.4 Å². The fraction of sp³-hybridized carbons (Fsp3) is 0.451. The minimum Gasteiger partial charge on any atom is -0.489 e. The van der Waals surface area contributed by atoms with E-state index in [0.717, 1.165) is 35.4 Å². The Morgan fingerprint density at radius 2 is 0.634 bits per heavy atom. The summed E-state index contributed by atoms with van der Waals surface area (Å²) in [7, 11) is 0. The molecule has 1 amide bonds. The van der Waals surface area contributed by atoms with Gasteiger partial charge in [-0.2, -0.15) is 13.2 Å². The summed E-state index contributed by atoms with van der Waals surface area (Å²) in [6.07, 6.45) is 2.13. The smallest absolute Gasteiger partial charge is 0.417 e. The summed E-state index contributed by atoms with van der Waals surface area (Å²) in [5.41, 5.74) is 5.65. The second-order valence-corrected chi connectivity index (χ2v) is 27.3. The summed E-state index contributed by atoms with van der Waals surface area (Å²) in [5, 5.41) is 0. The molecule has 0 saturated carbocycles. The van der Waals surface area contributed by atoms with Crippen molar-refractivity contribution in [1.29, 1.82) is 0 Å². The zero-order chi connectivity index (χ0) is 76.5. The fourth-order valence-electron chi connectivity index (χ4n) is 8.57. The van der Waals surface area contributed by atoms with E-state index in [2.05, 4.69) is 20.8 Å². The normalized spacial score (nSPS) is 12.1. The van der Waals surface area contributed by atoms with E-state index in [1.165, 1.54) is 6.07 Å². The van der Waals surface area contributed by atoms with Crippen molar-refractivity contribution in [2.45, 2.75) is 182 Å². The topological polar surface area (TPSA) is 135 Å². The Balaban J connectivity index is 0.000000634. The molecule has 5 aromatic rings. The van der Waals surface area contributed by atoms with Gasteiger partial charge in [-0.15, -0.1) is 0 Å². The van der Waals surface area contributed by atoms with Crippen molar-refractivity contribution in [2.24, 2.45) is 16.2 Å². The summed E-state index contributed by atoms with van der Waals surface area (Å²) in [4.78, 5) is 61.5. The maximum atomic E-state index is 13.3. The number of benzene rings is 5. The zero-order valence-electron chi connectivity index (χ0n) is 62.2. The standard InChI is InChI=1S/C18H22F4O2.C17H23ClO2.C17H23FO2.C16H22FNO2.C14H17FO2/c1-5-12(10-19)11-24-13-6-7-14(15(8-13)18(20,21)22)16(23)9-17(2,3)4;2*1-5-13(11-18)12-20-15-8-6-14(7-9-15)16(19)10-17(2,3)4;1-4-13(11-17)12-20-15-9-7-14(8-10-15)16(19)18(5-2)6-3;1-3-11(9-15)10-17-13-7-5-12(6-8-13)14(16)4-2/h6-8,10H,5,9,11H2,1-4H3;2*6-9,11H,5,10,12H2,1-4H3;7-11H,4-6,12H2,1-3H3;5-9H,3-4,10H2,1-2H3/b12-10+;3*13-11+;11-9+. The first-order chi connectivity index (χ1) is 47.5. The maximum absolute atomic E-state index is 13.3. The van der Waals surface area contributed by atoms with Gasteiger partial charge in [0.15, 0.2) is 23.1 Å². The summed E-state index contributed by atoms with van der Waals surface area (Å²) in [5.74, 6) is 2.46. The second kappa shape index (κ2) is 47.0. The highest BCUT2D eigenvalue weighted by molar-refractivity contribution is 6.25. The van der Waals surface area contributed by atoms with Gasteiger partial charge in [0.25, 0.3) is 5.91 Å². The number of nitrogens with zero attached hydrogens (tertiary/aromatic N) is 1. The number of Topliss-reactive ketones (excluding diaryl/α,β-unsaturated/α-hetero) is 4. The summed E-state index contributed by atoms with van der Waals surface area (Å²) in [6, 6.07) is 31.4. The molecule has 0 aliphatic rings. The third kappa shape index (κ3) is 37.3. The van der Waals surface area contributed by atoms with Crippen molar-refractivity contribution in [3.05, 3.63) is 207 Å². The van der Waals surface area contributed by atoms with Gasteiger partial charge in [0, 0.05) is 72.1 Å². The molecule has 0 radical (unpaired) electrons. The molecular weight excluding hydrogens is 1330 g/mol. The molecule has 19 heteroatoms. The Morgan fingerprint density at radius 3 is 0.891 bits per heavy atom. The quantitative estimate of drug-likeness (QED) is 0.0312. The molecule has 0 unspecified atom stereocenters. The van der Waals surface area contributed by atoms with Crippen LogP contribution in [-0.4, -0.2) is 80.1 Å². The summed E-state index contributed by atoms with van der Waals surface area (Å²) >= 11 is 5.68. The Morgan fingerprint density at radius 1 is 0.366 bits per heavy atom. The number of amides is 1. The minimum atomic E-state index is -4.67. The van der Waals surface area contributed by atoms with Gasteiger partial charge in [-0.1, -0.05) is 115 Å². The minimum absolute atomic E-state index is 0.000849. The fourth-order valence-corrected chi connectivity index (χ4v) is 8.79. The predicted molar refractivity (Wildman–Crippen MR) is 394 cm³/mol. The lowest BCUT2D eigenvalue weighted by Crippen LogP contribution is -2.30. The van der Waals surface area contributed by atoms with Crippen LogP contribution in [0.4, 0.5) is 30.7 Å². The van der Waals surface area contributed by atoms with Crippen molar-refractivity contribution in [3.63, 3.8) is 0 Å². The number of alkyl halides is 3. The highest BCUT2D eigenvalue weighted by Gasteiger charge is 2.36. The van der Waals surface area contributed by atoms with E-state index in [9.17, 15) is 54.7 Å². The molecule has 0 saturated heterocycles. The molecule has 0 bridgehead atoms. The van der Waals surface area contributed by atoms with Crippen LogP contribution in [0.2, 0.25) is 0 Å². The molecule has 556 valence electrons. The van der Waals surface area contributed by atoms with Gasteiger partial charge in [-0.3, -0.25) is 24.0 Å². The van der Waals surface area contributed by atoms with Gasteiger partial charge in [0.1, 0.15) is 61.8 Å². The third-order valence-corrected chi connectivity index (χ3v) is 15.1. The van der Waals surface area contributed by atoms with Gasteiger partial charge in [0.05, 0.1) is 30.9 Å². The largest absolute Gasteiger partial charge is 0.489 e. The van der Waals surface area contributed by atoms with Crippen LogP contribution in [0.1, 0.15) is 233 Å². The molecule has 0 fully saturated rings. The van der Waals surface area contributed by atoms with Gasteiger partial charge in [-0.25, -0.2) is 17.6 Å². The Hall–Kier alpha value is -8.25. The molecule has 101 heavy (non-hydrogen) atoms. The summed E-state index contributed by atoms with van der Waals surface area (Å²) in [6.45, 7) is 35.2. The van der Waals surface area contributed by atoms with Crippen LogP contribution in [0, 0.1) is 16.2 Å². The van der Waals surface area contributed by atoms with Crippen molar-refractivity contribution >= 4 is 40.6 Å². The number of halogens is 8. The maximum Gasteiger partial charge on any atom is 0.417 e. The van der Waals surface area contributed by atoms with Gasteiger partial charge >= 0.3 is 6.18 Å². The predicted octanol–water partition coefficient (Wildman–Crippen LogP) is 23.9. The first-order valence-electron chi connectivity index (χ1n) is 34.1. The Kier molecular flexibility index (Phi) is 42.3. The number of rotatable bonds is 31. The highest BCUT2D eigenvalue weighted by atomic mass is 35.5. The van der Waals surface area contributed by atoms with Crippen LogP contribution < -0.4 is 23.7 Å². The average molecular weight is 1440 g/mol. The Bertz CT molecular complexity index is 3370. The average Bonchev–Trinajstić information content (AvgIpc) is 0.803. The zero-order valence-corrected chi connectivity index (χ0v) is 63.0. The molecule has 0 atom stereocenters. The van der Waals surface area contributed by atoms with E-state index in [1.807, 2.05) is 93.5 Å². The highest BCUT2D eigenvalue weighted by Crippen LogP contribution is 2.37. The number of ketones is 4. The number of carbonyl (C=O) groups is 5. The molecule has 0 aliphatic heterocycles. The van der Waals surface area contributed by atoms with Gasteiger partial charge < -0.3 is 28.6 Å². The van der Waals surface area contributed by atoms with E-state index in [4.69, 9.17) is 35.3 Å². The molecule has 5 rings (SSSR count). The van der Waals surface area contributed by atoms with Gasteiger partial charge in [-0.05, 0) is 205 Å². The molecule has 5 aromatic carbocycles. The van der Waals surface area contributed by atoms with Crippen molar-refractivity contribution in [1.82, 2.24) is 4.90 Å². The Labute approximate surface area is 601 Å². The molecule has 0 heterocycles. The van der Waals surface area contributed by atoms with Gasteiger partial charge in [0.2, 0.25) is 0 Å². The van der Waals surface area contributed by atoms with Crippen LogP contribution in [0.3, 0.4) is 0 Å². The van der Waals surface area contributed by atoms with Crippen LogP contribution in [0.15, 0.2) is 174 Å². The second-order valence-electron chi connectivity index (χ2n) is 27.1. The molecule has 0 aliphatic carbocycles. The number of carbonyl (C=O) groups excluding carboxylic acids is 5.